The van der Waals surface area contributed by atoms with Gasteiger partial charge in [0.15, 0.2) is 0 Å². The van der Waals surface area contributed by atoms with Crippen LogP contribution < -0.4 is 10.5 Å². The molecule has 21 heavy (non-hydrogen) atoms. The molecule has 0 amide bonds. The Bertz CT molecular complexity index is 762. The summed E-state index contributed by atoms with van der Waals surface area (Å²) < 4.78 is 40.0. The van der Waals surface area contributed by atoms with Gasteiger partial charge < -0.3 is 5.73 Å². The fourth-order valence-corrected chi connectivity index (χ4v) is 3.13. The van der Waals surface area contributed by atoms with Gasteiger partial charge in [-0.2, -0.15) is 0 Å². The summed E-state index contributed by atoms with van der Waals surface area (Å²) in [7, 11) is -3.60. The first kappa shape index (κ1) is 15.4. The number of nitrogens with two attached hydrogens (primary N) is 1. The molecule has 0 aliphatic rings. The first-order valence-electron chi connectivity index (χ1n) is 6.01. The SMILES string of the molecule is NC(=S)c1cc(NS(=O)(=O)Cc2ccccc2)ccc1F. The molecule has 7 heteroatoms. The van der Waals surface area contributed by atoms with Crippen LogP contribution in [0.4, 0.5) is 10.1 Å². The Labute approximate surface area is 127 Å². The van der Waals surface area contributed by atoms with E-state index in [1.807, 2.05) is 0 Å². The van der Waals surface area contributed by atoms with Gasteiger partial charge in [0.2, 0.25) is 10.0 Å². The number of thiocarbonyl (C=S) groups is 1. The molecule has 0 aromatic heterocycles. The van der Waals surface area contributed by atoms with Gasteiger partial charge in [-0.3, -0.25) is 4.72 Å². The molecule has 0 atom stereocenters. The predicted octanol–water partition coefficient (Wildman–Crippen LogP) is 2.40. The van der Waals surface area contributed by atoms with Crippen LogP contribution in [-0.2, 0) is 15.8 Å². The number of hydrogen-bond donors (Lipinski definition) is 2. The molecule has 3 N–H and O–H groups in total. The van der Waals surface area contributed by atoms with Crippen LogP contribution in [0.5, 0.6) is 0 Å². The molecular formula is C14H13FN2O2S2. The van der Waals surface area contributed by atoms with Crippen molar-refractivity contribution in [1.29, 1.82) is 0 Å². The third-order valence-corrected chi connectivity index (χ3v) is 4.18. The Morgan fingerprint density at radius 3 is 2.48 bits per heavy atom. The molecule has 0 unspecified atom stereocenters. The summed E-state index contributed by atoms with van der Waals surface area (Å²) in [6.07, 6.45) is 0. The standard InChI is InChI=1S/C14H13FN2O2S2/c15-13-7-6-11(8-12(13)14(16)20)17-21(18,19)9-10-4-2-1-3-5-10/h1-8,17H,9H2,(H2,16,20). The topological polar surface area (TPSA) is 72.2 Å². The maximum absolute atomic E-state index is 13.5. The van der Waals surface area contributed by atoms with Gasteiger partial charge in [0.1, 0.15) is 10.8 Å². The summed E-state index contributed by atoms with van der Waals surface area (Å²) in [5.74, 6) is -0.762. The second-order valence-corrected chi connectivity index (χ2v) is 6.57. The normalized spacial score (nSPS) is 11.1. The highest BCUT2D eigenvalue weighted by atomic mass is 32.2. The third-order valence-electron chi connectivity index (χ3n) is 2.70. The summed E-state index contributed by atoms with van der Waals surface area (Å²) in [6, 6.07) is 12.5. The van der Waals surface area contributed by atoms with Gasteiger partial charge in [0, 0.05) is 11.3 Å². The molecule has 0 saturated heterocycles. The molecule has 110 valence electrons. The average molecular weight is 324 g/mol. The minimum absolute atomic E-state index is 0.00455. The Hall–Kier alpha value is -1.99. The Morgan fingerprint density at radius 2 is 1.86 bits per heavy atom. The van der Waals surface area contributed by atoms with Crippen LogP contribution in [0.2, 0.25) is 0 Å². The fourth-order valence-electron chi connectivity index (χ4n) is 1.79. The first-order chi connectivity index (χ1) is 9.87. The minimum atomic E-state index is -3.60. The van der Waals surface area contributed by atoms with E-state index in [4.69, 9.17) is 18.0 Å². The molecule has 2 aromatic rings. The van der Waals surface area contributed by atoms with E-state index < -0.39 is 15.8 Å². The lowest BCUT2D eigenvalue weighted by molar-refractivity contribution is 0.600. The van der Waals surface area contributed by atoms with Crippen LogP contribution in [-0.4, -0.2) is 13.4 Å². The van der Waals surface area contributed by atoms with Crippen LogP contribution >= 0.6 is 12.2 Å². The van der Waals surface area contributed by atoms with E-state index in [1.165, 1.54) is 12.1 Å². The fraction of sp³-hybridized carbons (Fsp3) is 0.0714. The second-order valence-electron chi connectivity index (χ2n) is 4.41. The van der Waals surface area contributed by atoms with E-state index in [9.17, 15) is 12.8 Å². The highest BCUT2D eigenvalue weighted by molar-refractivity contribution is 7.91. The van der Waals surface area contributed by atoms with Gasteiger partial charge >= 0.3 is 0 Å². The van der Waals surface area contributed by atoms with Crippen LogP contribution in [0.15, 0.2) is 48.5 Å². The molecular weight excluding hydrogens is 311 g/mol. The van der Waals surface area contributed by atoms with E-state index >= 15 is 0 Å². The van der Waals surface area contributed by atoms with E-state index in [0.717, 1.165) is 6.07 Å². The predicted molar refractivity (Wildman–Crippen MR) is 85.0 cm³/mol. The summed E-state index contributed by atoms with van der Waals surface area (Å²) in [5, 5.41) is 0. The molecule has 0 saturated carbocycles. The van der Waals surface area contributed by atoms with Gasteiger partial charge in [-0.15, -0.1) is 0 Å². The van der Waals surface area contributed by atoms with Crippen LogP contribution in [0.3, 0.4) is 0 Å². The Kier molecular flexibility index (Phi) is 4.54. The molecule has 0 spiro atoms. The van der Waals surface area contributed by atoms with E-state index in [1.54, 1.807) is 30.3 Å². The highest BCUT2D eigenvalue weighted by Gasteiger charge is 2.13. The molecule has 4 nitrogen and oxygen atoms in total. The zero-order valence-electron chi connectivity index (χ0n) is 10.9. The Balaban J connectivity index is 2.21. The van der Waals surface area contributed by atoms with Crippen LogP contribution in [0, 0.1) is 5.82 Å². The van der Waals surface area contributed by atoms with Gasteiger partial charge in [-0.05, 0) is 23.8 Å². The monoisotopic (exact) mass is 324 g/mol. The summed E-state index contributed by atoms with van der Waals surface area (Å²) in [4.78, 5) is -0.128. The van der Waals surface area contributed by atoms with E-state index in [0.29, 0.717) is 5.56 Å². The largest absolute Gasteiger partial charge is 0.389 e. The average Bonchev–Trinajstić information content (AvgIpc) is 2.41. The molecule has 0 radical (unpaired) electrons. The number of rotatable bonds is 5. The molecule has 0 bridgehead atoms. The second kappa shape index (κ2) is 6.19. The zero-order valence-corrected chi connectivity index (χ0v) is 12.5. The maximum atomic E-state index is 13.5. The van der Waals surface area contributed by atoms with Crippen molar-refractivity contribution in [2.24, 2.45) is 5.73 Å². The number of anilines is 1. The lowest BCUT2D eigenvalue weighted by Crippen LogP contribution is -2.17. The van der Waals surface area contributed by atoms with Crippen molar-refractivity contribution < 1.29 is 12.8 Å². The molecule has 2 aromatic carbocycles. The van der Waals surface area contributed by atoms with Crippen molar-refractivity contribution >= 4 is 32.9 Å². The van der Waals surface area contributed by atoms with E-state index in [-0.39, 0.29) is 22.0 Å². The van der Waals surface area contributed by atoms with Crippen molar-refractivity contribution in [3.05, 3.63) is 65.5 Å². The van der Waals surface area contributed by atoms with Gasteiger partial charge in [-0.1, -0.05) is 42.5 Å². The zero-order chi connectivity index (χ0) is 15.5. The summed E-state index contributed by atoms with van der Waals surface area (Å²) in [5.41, 5.74) is 6.26. The number of sulfonamides is 1. The third kappa shape index (κ3) is 4.24. The smallest absolute Gasteiger partial charge is 0.236 e. The van der Waals surface area contributed by atoms with E-state index in [2.05, 4.69) is 4.72 Å². The Morgan fingerprint density at radius 1 is 1.19 bits per heavy atom. The molecule has 0 aliphatic carbocycles. The van der Waals surface area contributed by atoms with Crippen molar-refractivity contribution in [3.63, 3.8) is 0 Å². The number of benzene rings is 2. The van der Waals surface area contributed by atoms with Gasteiger partial charge in [-0.25, -0.2) is 12.8 Å². The number of nitrogens with one attached hydrogen (secondary N) is 1. The van der Waals surface area contributed by atoms with Crippen LogP contribution in [0.25, 0.3) is 0 Å². The molecule has 2 rings (SSSR count). The van der Waals surface area contributed by atoms with Crippen molar-refractivity contribution in [1.82, 2.24) is 0 Å². The summed E-state index contributed by atoms with van der Waals surface area (Å²) in [6.45, 7) is 0. The summed E-state index contributed by atoms with van der Waals surface area (Å²) >= 11 is 4.72. The van der Waals surface area contributed by atoms with Crippen molar-refractivity contribution in [2.45, 2.75) is 5.75 Å². The maximum Gasteiger partial charge on any atom is 0.236 e. The number of halogens is 1. The van der Waals surface area contributed by atoms with Crippen molar-refractivity contribution in [3.8, 4) is 0 Å². The highest BCUT2D eigenvalue weighted by Crippen LogP contribution is 2.17. The lowest BCUT2D eigenvalue weighted by atomic mass is 10.2. The molecule has 0 aliphatic heterocycles. The first-order valence-corrected chi connectivity index (χ1v) is 8.07. The molecule has 0 fully saturated rings. The number of hydrogen-bond acceptors (Lipinski definition) is 3. The van der Waals surface area contributed by atoms with Gasteiger partial charge in [0.05, 0.1) is 5.75 Å². The molecule has 0 heterocycles. The lowest BCUT2D eigenvalue weighted by Gasteiger charge is -2.10. The van der Waals surface area contributed by atoms with Crippen molar-refractivity contribution in [2.75, 3.05) is 4.72 Å². The van der Waals surface area contributed by atoms with Crippen LogP contribution in [0.1, 0.15) is 11.1 Å². The quantitative estimate of drug-likeness (QED) is 0.829. The van der Waals surface area contributed by atoms with Gasteiger partial charge in [0.25, 0.3) is 0 Å². The minimum Gasteiger partial charge on any atom is -0.389 e.